The number of hydrogen-bond donors (Lipinski definition) is 2. The number of nitrogens with zero attached hydrogens (tertiary/aromatic N) is 1. The number of hydrogen-bond acceptors (Lipinski definition) is 2. The molecular formula is C14H24N2O3. The maximum atomic E-state index is 12.2. The molecule has 0 aromatic heterocycles. The first-order chi connectivity index (χ1) is 8.90. The van der Waals surface area contributed by atoms with Crippen molar-refractivity contribution in [1.29, 1.82) is 0 Å². The van der Waals surface area contributed by atoms with Crippen LogP contribution in [0, 0.1) is 5.92 Å². The van der Waals surface area contributed by atoms with E-state index in [1.54, 1.807) is 0 Å². The number of rotatable bonds is 2. The van der Waals surface area contributed by atoms with Crippen LogP contribution < -0.4 is 5.32 Å². The number of amides is 2. The molecule has 1 saturated carbocycles. The number of aliphatic carboxylic acids is 1. The first-order valence-electron chi connectivity index (χ1n) is 7.21. The Kier molecular flexibility index (Phi) is 4.02. The second-order valence-electron chi connectivity index (χ2n) is 6.40. The van der Waals surface area contributed by atoms with E-state index in [1.807, 2.05) is 4.90 Å². The Balaban J connectivity index is 1.82. The Morgan fingerprint density at radius 2 is 1.84 bits per heavy atom. The molecule has 1 aliphatic heterocycles. The summed E-state index contributed by atoms with van der Waals surface area (Å²) in [7, 11) is 0. The highest BCUT2D eigenvalue weighted by molar-refractivity contribution is 5.76. The molecule has 0 atom stereocenters. The van der Waals surface area contributed by atoms with Gasteiger partial charge in [0, 0.05) is 18.1 Å². The Morgan fingerprint density at radius 3 is 2.32 bits per heavy atom. The SMILES string of the molecule is CC1(C)CCCN1C(=O)NC1CCC(C(=O)O)CC1. The molecule has 2 N–H and O–H groups in total. The number of urea groups is 1. The summed E-state index contributed by atoms with van der Waals surface area (Å²) in [6.45, 7) is 5.02. The second kappa shape index (κ2) is 5.39. The van der Waals surface area contributed by atoms with Gasteiger partial charge in [-0.25, -0.2) is 4.79 Å². The average molecular weight is 268 g/mol. The van der Waals surface area contributed by atoms with E-state index in [2.05, 4.69) is 19.2 Å². The lowest BCUT2D eigenvalue weighted by Gasteiger charge is -2.34. The summed E-state index contributed by atoms with van der Waals surface area (Å²) in [5.74, 6) is -0.929. The van der Waals surface area contributed by atoms with Crippen molar-refractivity contribution in [2.24, 2.45) is 5.92 Å². The molecule has 19 heavy (non-hydrogen) atoms. The van der Waals surface area contributed by atoms with E-state index in [-0.39, 0.29) is 23.5 Å². The topological polar surface area (TPSA) is 69.6 Å². The van der Waals surface area contributed by atoms with Gasteiger partial charge >= 0.3 is 12.0 Å². The number of carboxylic acids is 1. The fraction of sp³-hybridized carbons (Fsp3) is 0.857. The van der Waals surface area contributed by atoms with Crippen molar-refractivity contribution < 1.29 is 14.7 Å². The summed E-state index contributed by atoms with van der Waals surface area (Å²) in [5, 5.41) is 12.0. The van der Waals surface area contributed by atoms with Crippen molar-refractivity contribution in [3.8, 4) is 0 Å². The summed E-state index contributed by atoms with van der Waals surface area (Å²) < 4.78 is 0. The molecule has 0 radical (unpaired) electrons. The van der Waals surface area contributed by atoms with Gasteiger partial charge in [-0.05, 0) is 52.4 Å². The lowest BCUT2D eigenvalue weighted by Crippen LogP contribution is -2.51. The fourth-order valence-corrected chi connectivity index (χ4v) is 3.22. The molecular weight excluding hydrogens is 244 g/mol. The maximum absolute atomic E-state index is 12.2. The predicted octanol–water partition coefficient (Wildman–Crippen LogP) is 2.21. The molecule has 5 nitrogen and oxygen atoms in total. The first-order valence-corrected chi connectivity index (χ1v) is 7.21. The minimum Gasteiger partial charge on any atom is -0.481 e. The molecule has 5 heteroatoms. The van der Waals surface area contributed by atoms with Crippen LogP contribution in [-0.4, -0.2) is 40.1 Å². The van der Waals surface area contributed by atoms with Crippen LogP contribution in [0.4, 0.5) is 4.79 Å². The van der Waals surface area contributed by atoms with Crippen LogP contribution in [0.1, 0.15) is 52.4 Å². The molecule has 1 heterocycles. The van der Waals surface area contributed by atoms with Crippen LogP contribution in [0.3, 0.4) is 0 Å². The number of nitrogens with one attached hydrogen (secondary N) is 1. The standard InChI is InChI=1S/C14H24N2O3/c1-14(2)8-3-9-16(14)13(19)15-11-6-4-10(5-7-11)12(17)18/h10-11H,3-9H2,1-2H3,(H,15,19)(H,17,18). The zero-order valence-electron chi connectivity index (χ0n) is 11.8. The monoisotopic (exact) mass is 268 g/mol. The van der Waals surface area contributed by atoms with Crippen LogP contribution in [-0.2, 0) is 4.79 Å². The van der Waals surface area contributed by atoms with Gasteiger partial charge < -0.3 is 15.3 Å². The minimum absolute atomic E-state index is 0.0151. The molecule has 0 aromatic rings. The van der Waals surface area contributed by atoms with Crippen molar-refractivity contribution in [1.82, 2.24) is 10.2 Å². The lowest BCUT2D eigenvalue weighted by molar-refractivity contribution is -0.142. The number of carbonyl (C=O) groups is 2. The largest absolute Gasteiger partial charge is 0.481 e. The van der Waals surface area contributed by atoms with Crippen molar-refractivity contribution in [2.75, 3.05) is 6.54 Å². The van der Waals surface area contributed by atoms with Crippen molar-refractivity contribution in [2.45, 2.75) is 64.0 Å². The quantitative estimate of drug-likeness (QED) is 0.806. The van der Waals surface area contributed by atoms with Crippen molar-refractivity contribution >= 4 is 12.0 Å². The van der Waals surface area contributed by atoms with Crippen LogP contribution in [0.25, 0.3) is 0 Å². The lowest BCUT2D eigenvalue weighted by atomic mass is 9.86. The van der Waals surface area contributed by atoms with E-state index < -0.39 is 5.97 Å². The number of carbonyl (C=O) groups excluding carboxylic acids is 1. The fourth-order valence-electron chi connectivity index (χ4n) is 3.22. The van der Waals surface area contributed by atoms with Crippen molar-refractivity contribution in [3.63, 3.8) is 0 Å². The van der Waals surface area contributed by atoms with E-state index >= 15 is 0 Å². The third-order valence-corrected chi connectivity index (χ3v) is 4.55. The molecule has 1 aliphatic carbocycles. The third-order valence-electron chi connectivity index (χ3n) is 4.55. The maximum Gasteiger partial charge on any atom is 0.318 e. The zero-order valence-corrected chi connectivity index (χ0v) is 11.8. The van der Waals surface area contributed by atoms with Crippen LogP contribution in [0.15, 0.2) is 0 Å². The molecule has 2 rings (SSSR count). The van der Waals surface area contributed by atoms with Gasteiger partial charge in [0.25, 0.3) is 0 Å². The van der Waals surface area contributed by atoms with E-state index in [0.717, 1.165) is 32.2 Å². The Labute approximate surface area is 114 Å². The highest BCUT2D eigenvalue weighted by atomic mass is 16.4. The van der Waals surface area contributed by atoms with E-state index in [4.69, 9.17) is 5.11 Å². The smallest absolute Gasteiger partial charge is 0.318 e. The summed E-state index contributed by atoms with van der Waals surface area (Å²) in [4.78, 5) is 25.0. The molecule has 0 bridgehead atoms. The van der Waals surface area contributed by atoms with E-state index in [0.29, 0.717) is 12.8 Å². The molecule has 2 fully saturated rings. The molecule has 2 aliphatic rings. The predicted molar refractivity (Wildman–Crippen MR) is 71.9 cm³/mol. The van der Waals surface area contributed by atoms with E-state index in [1.165, 1.54) is 0 Å². The summed E-state index contributed by atoms with van der Waals surface area (Å²) in [6.07, 6.45) is 5.00. The highest BCUT2D eigenvalue weighted by Crippen LogP contribution is 2.29. The third kappa shape index (κ3) is 3.19. The zero-order chi connectivity index (χ0) is 14.0. The Bertz CT molecular complexity index is 360. The molecule has 108 valence electrons. The van der Waals surface area contributed by atoms with Gasteiger partial charge in [0.05, 0.1) is 5.92 Å². The average Bonchev–Trinajstić information content (AvgIpc) is 2.69. The van der Waals surface area contributed by atoms with Gasteiger partial charge in [-0.2, -0.15) is 0 Å². The van der Waals surface area contributed by atoms with Gasteiger partial charge in [-0.3, -0.25) is 4.79 Å². The van der Waals surface area contributed by atoms with E-state index in [9.17, 15) is 9.59 Å². The van der Waals surface area contributed by atoms with Crippen molar-refractivity contribution in [3.05, 3.63) is 0 Å². The van der Waals surface area contributed by atoms with Crippen LogP contribution >= 0.6 is 0 Å². The molecule has 0 aromatic carbocycles. The molecule has 0 spiro atoms. The summed E-state index contributed by atoms with van der Waals surface area (Å²) in [5.41, 5.74) is -0.0532. The van der Waals surface area contributed by atoms with Gasteiger partial charge in [-0.15, -0.1) is 0 Å². The summed E-state index contributed by atoms with van der Waals surface area (Å²) >= 11 is 0. The van der Waals surface area contributed by atoms with Gasteiger partial charge in [0.1, 0.15) is 0 Å². The number of likely N-dealkylation sites (tertiary alicyclic amines) is 1. The Hall–Kier alpha value is -1.26. The second-order valence-corrected chi connectivity index (χ2v) is 6.40. The normalized spacial score (nSPS) is 30.1. The van der Waals surface area contributed by atoms with Gasteiger partial charge in [-0.1, -0.05) is 0 Å². The molecule has 0 unspecified atom stereocenters. The minimum atomic E-state index is -0.703. The number of carboxylic acid groups (broad SMARTS) is 1. The van der Waals surface area contributed by atoms with Crippen LogP contribution in [0.5, 0.6) is 0 Å². The van der Waals surface area contributed by atoms with Gasteiger partial charge in [0.2, 0.25) is 0 Å². The molecule has 2 amide bonds. The summed E-state index contributed by atoms with van der Waals surface area (Å²) in [6, 6.07) is 0.153. The van der Waals surface area contributed by atoms with Gasteiger partial charge in [0.15, 0.2) is 0 Å². The highest BCUT2D eigenvalue weighted by Gasteiger charge is 2.36. The van der Waals surface area contributed by atoms with Crippen LogP contribution in [0.2, 0.25) is 0 Å². The molecule has 1 saturated heterocycles. The first kappa shape index (κ1) is 14.2. The Morgan fingerprint density at radius 1 is 1.21 bits per heavy atom.